The van der Waals surface area contributed by atoms with Gasteiger partial charge in [0.05, 0.1) is 6.61 Å². The predicted octanol–water partition coefficient (Wildman–Crippen LogP) is 2.02. The molecule has 0 saturated carbocycles. The zero-order valence-electron chi connectivity index (χ0n) is 9.25. The maximum atomic E-state index is 5.26. The van der Waals surface area contributed by atoms with Crippen molar-refractivity contribution in [2.75, 3.05) is 25.1 Å². The quantitative estimate of drug-likeness (QED) is 0.748. The van der Waals surface area contributed by atoms with E-state index in [1.165, 1.54) is 24.1 Å². The molecule has 3 nitrogen and oxygen atoms in total. The molecule has 1 heterocycles. The van der Waals surface area contributed by atoms with Gasteiger partial charge in [0.15, 0.2) is 0 Å². The standard InChI is InChI=1S/C12H18N2O/c1-2-15-9-8-13-12-7-6-10-4-3-5-11(10)14-12/h6-7H,2-5,8-9H2,1H3,(H,13,14). The van der Waals surface area contributed by atoms with Gasteiger partial charge in [0.2, 0.25) is 0 Å². The van der Waals surface area contributed by atoms with Gasteiger partial charge in [0.25, 0.3) is 0 Å². The molecule has 1 aromatic rings. The summed E-state index contributed by atoms with van der Waals surface area (Å²) in [5, 5.41) is 3.27. The lowest BCUT2D eigenvalue weighted by Crippen LogP contribution is -2.10. The zero-order valence-corrected chi connectivity index (χ0v) is 9.25. The van der Waals surface area contributed by atoms with Gasteiger partial charge in [0, 0.05) is 18.8 Å². The first kappa shape index (κ1) is 10.4. The molecule has 15 heavy (non-hydrogen) atoms. The van der Waals surface area contributed by atoms with Gasteiger partial charge in [-0.05, 0) is 37.8 Å². The normalized spacial score (nSPS) is 13.9. The van der Waals surface area contributed by atoms with E-state index in [2.05, 4.69) is 22.4 Å². The minimum absolute atomic E-state index is 0.745. The summed E-state index contributed by atoms with van der Waals surface area (Å²) in [5.74, 6) is 0.982. The average molecular weight is 206 g/mol. The second-order valence-electron chi connectivity index (χ2n) is 3.78. The van der Waals surface area contributed by atoms with Crippen LogP contribution in [0.2, 0.25) is 0 Å². The predicted molar refractivity (Wildman–Crippen MR) is 61.2 cm³/mol. The summed E-state index contributed by atoms with van der Waals surface area (Å²) in [6, 6.07) is 4.26. The van der Waals surface area contributed by atoms with E-state index in [1.807, 2.05) is 6.92 Å². The molecule has 0 bridgehead atoms. The molecule has 0 amide bonds. The topological polar surface area (TPSA) is 34.1 Å². The minimum Gasteiger partial charge on any atom is -0.380 e. The molecule has 1 aromatic heterocycles. The van der Waals surface area contributed by atoms with Crippen LogP contribution in [0.3, 0.4) is 0 Å². The maximum Gasteiger partial charge on any atom is 0.126 e. The Morgan fingerprint density at radius 1 is 1.40 bits per heavy atom. The monoisotopic (exact) mass is 206 g/mol. The highest BCUT2D eigenvalue weighted by atomic mass is 16.5. The summed E-state index contributed by atoms with van der Waals surface area (Å²) in [5.41, 5.74) is 2.70. The van der Waals surface area contributed by atoms with E-state index < -0.39 is 0 Å². The molecule has 0 saturated heterocycles. The van der Waals surface area contributed by atoms with Crippen LogP contribution < -0.4 is 5.32 Å². The van der Waals surface area contributed by atoms with Crippen molar-refractivity contribution in [3.05, 3.63) is 23.4 Å². The van der Waals surface area contributed by atoms with Crippen molar-refractivity contribution >= 4 is 5.82 Å². The smallest absolute Gasteiger partial charge is 0.126 e. The van der Waals surface area contributed by atoms with Gasteiger partial charge in [-0.15, -0.1) is 0 Å². The highest BCUT2D eigenvalue weighted by molar-refractivity contribution is 5.40. The van der Waals surface area contributed by atoms with Crippen molar-refractivity contribution in [3.63, 3.8) is 0 Å². The summed E-state index contributed by atoms with van der Waals surface area (Å²) in [7, 11) is 0. The van der Waals surface area contributed by atoms with Crippen molar-refractivity contribution in [3.8, 4) is 0 Å². The lowest BCUT2D eigenvalue weighted by atomic mass is 10.2. The number of hydrogen-bond acceptors (Lipinski definition) is 3. The van der Waals surface area contributed by atoms with E-state index >= 15 is 0 Å². The number of nitrogens with one attached hydrogen (secondary N) is 1. The molecule has 0 unspecified atom stereocenters. The Morgan fingerprint density at radius 2 is 2.33 bits per heavy atom. The van der Waals surface area contributed by atoms with Gasteiger partial charge in [-0.2, -0.15) is 0 Å². The number of hydrogen-bond donors (Lipinski definition) is 1. The van der Waals surface area contributed by atoms with Crippen molar-refractivity contribution < 1.29 is 4.74 Å². The fourth-order valence-corrected chi connectivity index (χ4v) is 1.91. The first-order valence-electron chi connectivity index (χ1n) is 5.70. The number of fused-ring (bicyclic) bond motifs is 1. The second-order valence-corrected chi connectivity index (χ2v) is 3.78. The van der Waals surface area contributed by atoms with Gasteiger partial charge < -0.3 is 10.1 Å². The molecule has 2 rings (SSSR count). The SMILES string of the molecule is CCOCCNc1ccc2c(n1)CCC2. The number of nitrogens with zero attached hydrogens (tertiary/aromatic N) is 1. The van der Waals surface area contributed by atoms with Crippen LogP contribution >= 0.6 is 0 Å². The lowest BCUT2D eigenvalue weighted by Gasteiger charge is -2.07. The molecule has 0 radical (unpaired) electrons. The average Bonchev–Trinajstić information content (AvgIpc) is 2.71. The third-order valence-corrected chi connectivity index (χ3v) is 2.68. The highest BCUT2D eigenvalue weighted by Crippen LogP contribution is 2.21. The van der Waals surface area contributed by atoms with E-state index in [0.717, 1.165) is 32.0 Å². The van der Waals surface area contributed by atoms with Crippen LogP contribution in [-0.2, 0) is 17.6 Å². The Balaban J connectivity index is 1.87. The molecular weight excluding hydrogens is 188 g/mol. The van der Waals surface area contributed by atoms with Gasteiger partial charge in [0.1, 0.15) is 5.82 Å². The number of pyridine rings is 1. The van der Waals surface area contributed by atoms with Gasteiger partial charge in [-0.1, -0.05) is 6.07 Å². The van der Waals surface area contributed by atoms with E-state index in [-0.39, 0.29) is 0 Å². The lowest BCUT2D eigenvalue weighted by molar-refractivity contribution is 0.158. The fourth-order valence-electron chi connectivity index (χ4n) is 1.91. The first-order valence-corrected chi connectivity index (χ1v) is 5.70. The summed E-state index contributed by atoms with van der Waals surface area (Å²) < 4.78 is 5.26. The summed E-state index contributed by atoms with van der Waals surface area (Å²) in [6.45, 7) is 4.36. The number of anilines is 1. The van der Waals surface area contributed by atoms with Crippen molar-refractivity contribution in [1.82, 2.24) is 4.98 Å². The Morgan fingerprint density at radius 3 is 3.20 bits per heavy atom. The molecule has 1 aliphatic carbocycles. The van der Waals surface area contributed by atoms with Crippen LogP contribution in [-0.4, -0.2) is 24.7 Å². The maximum absolute atomic E-state index is 5.26. The van der Waals surface area contributed by atoms with Gasteiger partial charge in [-0.3, -0.25) is 0 Å². The Kier molecular flexibility index (Phi) is 3.56. The molecule has 0 fully saturated rings. The van der Waals surface area contributed by atoms with Gasteiger partial charge in [-0.25, -0.2) is 4.98 Å². The van der Waals surface area contributed by atoms with Crippen molar-refractivity contribution in [1.29, 1.82) is 0 Å². The third kappa shape index (κ3) is 2.69. The van der Waals surface area contributed by atoms with Crippen LogP contribution in [0, 0.1) is 0 Å². The molecule has 0 atom stereocenters. The van der Waals surface area contributed by atoms with Crippen molar-refractivity contribution in [2.45, 2.75) is 26.2 Å². The highest BCUT2D eigenvalue weighted by Gasteiger charge is 2.11. The molecule has 0 spiro atoms. The van der Waals surface area contributed by atoms with E-state index in [4.69, 9.17) is 4.74 Å². The molecule has 0 aromatic carbocycles. The van der Waals surface area contributed by atoms with Gasteiger partial charge >= 0.3 is 0 Å². The van der Waals surface area contributed by atoms with E-state index in [1.54, 1.807) is 0 Å². The van der Waals surface area contributed by atoms with E-state index in [0.29, 0.717) is 0 Å². The summed E-state index contributed by atoms with van der Waals surface area (Å²) in [4.78, 5) is 4.58. The first-order chi connectivity index (χ1) is 7.40. The Bertz CT molecular complexity index is 325. The molecule has 1 aliphatic rings. The molecule has 82 valence electrons. The number of ether oxygens (including phenoxy) is 1. The molecular formula is C12H18N2O. The Hall–Kier alpha value is -1.09. The molecule has 3 heteroatoms. The van der Waals surface area contributed by atoms with Crippen LogP contribution in [0.4, 0.5) is 5.82 Å². The largest absolute Gasteiger partial charge is 0.380 e. The number of aryl methyl sites for hydroxylation is 2. The van der Waals surface area contributed by atoms with E-state index in [9.17, 15) is 0 Å². The minimum atomic E-state index is 0.745. The third-order valence-electron chi connectivity index (χ3n) is 2.68. The summed E-state index contributed by atoms with van der Waals surface area (Å²) in [6.07, 6.45) is 3.59. The number of aromatic nitrogens is 1. The Labute approximate surface area is 90.9 Å². The fraction of sp³-hybridized carbons (Fsp3) is 0.583. The van der Waals surface area contributed by atoms with Crippen LogP contribution in [0.1, 0.15) is 24.6 Å². The van der Waals surface area contributed by atoms with Crippen LogP contribution in [0.5, 0.6) is 0 Å². The zero-order chi connectivity index (χ0) is 10.5. The van der Waals surface area contributed by atoms with Crippen LogP contribution in [0.15, 0.2) is 12.1 Å². The second kappa shape index (κ2) is 5.12. The molecule has 0 aliphatic heterocycles. The van der Waals surface area contributed by atoms with Crippen molar-refractivity contribution in [2.24, 2.45) is 0 Å². The summed E-state index contributed by atoms with van der Waals surface area (Å²) >= 11 is 0. The molecule has 1 N–H and O–H groups in total. The number of rotatable bonds is 5. The van der Waals surface area contributed by atoms with Crippen LogP contribution in [0.25, 0.3) is 0 Å².